The number of Topliss-reactive ketones (excluding diaryl/α,β-unsaturated/α-hetero) is 1. The van der Waals surface area contributed by atoms with Gasteiger partial charge in [0.2, 0.25) is 0 Å². The van der Waals surface area contributed by atoms with Crippen LogP contribution in [0.3, 0.4) is 0 Å². The summed E-state index contributed by atoms with van der Waals surface area (Å²) in [5.74, 6) is 1.79. The van der Waals surface area contributed by atoms with Gasteiger partial charge in [0, 0.05) is 23.7 Å². The quantitative estimate of drug-likeness (QED) is 0.787. The van der Waals surface area contributed by atoms with Crippen molar-refractivity contribution in [3.05, 3.63) is 29.3 Å². The molecule has 1 aliphatic rings. The molecule has 0 amide bonds. The van der Waals surface area contributed by atoms with Crippen LogP contribution in [0.1, 0.15) is 49.5 Å². The van der Waals surface area contributed by atoms with Gasteiger partial charge in [0.15, 0.2) is 5.78 Å². The molecule has 1 aromatic carbocycles. The topological polar surface area (TPSA) is 29.5 Å². The average Bonchev–Trinajstić information content (AvgIpc) is 2.41. The molecule has 0 aliphatic carbocycles. The van der Waals surface area contributed by atoms with E-state index >= 15 is 0 Å². The maximum atomic E-state index is 11.5. The van der Waals surface area contributed by atoms with Crippen molar-refractivity contribution >= 4 is 5.78 Å². The molecule has 20 heavy (non-hydrogen) atoms. The van der Waals surface area contributed by atoms with Gasteiger partial charge in [0.25, 0.3) is 0 Å². The molecule has 0 N–H and O–H groups in total. The molecule has 110 valence electrons. The molecule has 1 aliphatic heterocycles. The van der Waals surface area contributed by atoms with Gasteiger partial charge in [0.1, 0.15) is 5.75 Å². The zero-order valence-corrected chi connectivity index (χ0v) is 13.0. The molecular formula is C17H25NO2. The van der Waals surface area contributed by atoms with E-state index in [2.05, 4.69) is 18.7 Å². The Morgan fingerprint density at radius 1 is 1.40 bits per heavy atom. The molecule has 2 rings (SSSR count). The summed E-state index contributed by atoms with van der Waals surface area (Å²) in [5.41, 5.74) is 1.88. The molecule has 2 atom stereocenters. The number of rotatable bonds is 4. The van der Waals surface area contributed by atoms with Crippen LogP contribution in [0.4, 0.5) is 0 Å². The molecule has 3 nitrogen and oxygen atoms in total. The fourth-order valence-corrected chi connectivity index (χ4v) is 3.03. The van der Waals surface area contributed by atoms with Crippen LogP contribution in [0, 0.1) is 5.92 Å². The first-order valence-corrected chi connectivity index (χ1v) is 7.43. The zero-order valence-electron chi connectivity index (χ0n) is 13.0. The predicted octanol–water partition coefficient (Wildman–Crippen LogP) is 3.52. The fourth-order valence-electron chi connectivity index (χ4n) is 3.03. The lowest BCUT2D eigenvalue weighted by Gasteiger charge is -2.36. The molecule has 1 aromatic rings. The highest BCUT2D eigenvalue weighted by Gasteiger charge is 2.23. The van der Waals surface area contributed by atoms with E-state index < -0.39 is 0 Å². The van der Waals surface area contributed by atoms with Crippen LogP contribution >= 0.6 is 0 Å². The lowest BCUT2D eigenvalue weighted by molar-refractivity contribution is 0.101. The zero-order chi connectivity index (χ0) is 14.7. The molecule has 1 fully saturated rings. The number of ether oxygens (including phenoxy) is 1. The SMILES string of the molecule is COc1ccc(C(C)=O)cc1CN1CCC(C)CC1C. The van der Waals surface area contributed by atoms with Gasteiger partial charge >= 0.3 is 0 Å². The van der Waals surface area contributed by atoms with E-state index in [0.717, 1.165) is 35.9 Å². The Kier molecular flexibility index (Phi) is 4.81. The van der Waals surface area contributed by atoms with Gasteiger partial charge in [0.05, 0.1) is 7.11 Å². The molecular weight excluding hydrogens is 250 g/mol. The third-order valence-electron chi connectivity index (χ3n) is 4.34. The first kappa shape index (κ1) is 15.0. The number of piperidine rings is 1. The van der Waals surface area contributed by atoms with Crippen molar-refractivity contribution < 1.29 is 9.53 Å². The highest BCUT2D eigenvalue weighted by atomic mass is 16.5. The van der Waals surface area contributed by atoms with E-state index in [1.165, 1.54) is 12.8 Å². The summed E-state index contributed by atoms with van der Waals surface area (Å²) in [7, 11) is 1.69. The van der Waals surface area contributed by atoms with Crippen LogP contribution in [0.25, 0.3) is 0 Å². The van der Waals surface area contributed by atoms with E-state index in [4.69, 9.17) is 4.74 Å². The summed E-state index contributed by atoms with van der Waals surface area (Å²) in [6.07, 6.45) is 2.49. The summed E-state index contributed by atoms with van der Waals surface area (Å²) in [6.45, 7) is 8.20. The van der Waals surface area contributed by atoms with Crippen LogP contribution in [-0.4, -0.2) is 30.4 Å². The monoisotopic (exact) mass is 275 g/mol. The third kappa shape index (κ3) is 3.40. The summed E-state index contributed by atoms with van der Waals surface area (Å²) in [5, 5.41) is 0. The Bertz CT molecular complexity index is 484. The number of methoxy groups -OCH3 is 1. The highest BCUT2D eigenvalue weighted by Crippen LogP contribution is 2.27. The van der Waals surface area contributed by atoms with E-state index in [-0.39, 0.29) is 5.78 Å². The van der Waals surface area contributed by atoms with Crippen LogP contribution < -0.4 is 4.74 Å². The minimum Gasteiger partial charge on any atom is -0.496 e. The smallest absolute Gasteiger partial charge is 0.159 e. The highest BCUT2D eigenvalue weighted by molar-refractivity contribution is 5.94. The fraction of sp³-hybridized carbons (Fsp3) is 0.588. The Balaban J connectivity index is 2.18. The molecule has 2 unspecified atom stereocenters. The van der Waals surface area contributed by atoms with Crippen molar-refractivity contribution in [3.63, 3.8) is 0 Å². The Hall–Kier alpha value is -1.35. The number of likely N-dealkylation sites (tertiary alicyclic amines) is 1. The van der Waals surface area contributed by atoms with Gasteiger partial charge in [-0.3, -0.25) is 9.69 Å². The average molecular weight is 275 g/mol. The number of carbonyl (C=O) groups excluding carboxylic acids is 1. The second-order valence-electron chi connectivity index (χ2n) is 6.03. The minimum absolute atomic E-state index is 0.106. The molecule has 1 heterocycles. The van der Waals surface area contributed by atoms with E-state index in [9.17, 15) is 4.79 Å². The molecule has 1 saturated heterocycles. The van der Waals surface area contributed by atoms with Gasteiger partial charge in [-0.15, -0.1) is 0 Å². The molecule has 3 heteroatoms. The van der Waals surface area contributed by atoms with Crippen molar-refractivity contribution in [2.75, 3.05) is 13.7 Å². The number of hydrogen-bond donors (Lipinski definition) is 0. The Morgan fingerprint density at radius 3 is 2.75 bits per heavy atom. The molecule has 0 bridgehead atoms. The Morgan fingerprint density at radius 2 is 2.15 bits per heavy atom. The second-order valence-corrected chi connectivity index (χ2v) is 6.03. The number of carbonyl (C=O) groups is 1. The maximum Gasteiger partial charge on any atom is 0.159 e. The van der Waals surface area contributed by atoms with Crippen molar-refractivity contribution in [2.45, 2.75) is 46.2 Å². The van der Waals surface area contributed by atoms with Gasteiger partial charge in [-0.2, -0.15) is 0 Å². The minimum atomic E-state index is 0.106. The third-order valence-corrected chi connectivity index (χ3v) is 4.34. The standard InChI is InChI=1S/C17H25NO2/c1-12-7-8-18(13(2)9-12)11-16-10-15(14(3)19)5-6-17(16)20-4/h5-6,10,12-13H,7-9,11H2,1-4H3. The molecule has 0 radical (unpaired) electrons. The number of ketones is 1. The predicted molar refractivity (Wildman–Crippen MR) is 81.3 cm³/mol. The van der Waals surface area contributed by atoms with Gasteiger partial charge in [-0.05, 0) is 57.4 Å². The van der Waals surface area contributed by atoms with Gasteiger partial charge < -0.3 is 4.74 Å². The summed E-state index contributed by atoms with van der Waals surface area (Å²) >= 11 is 0. The summed E-state index contributed by atoms with van der Waals surface area (Å²) in [6, 6.07) is 6.31. The van der Waals surface area contributed by atoms with E-state index in [1.807, 2.05) is 18.2 Å². The Labute approximate surface area is 121 Å². The van der Waals surface area contributed by atoms with Crippen LogP contribution in [0.5, 0.6) is 5.75 Å². The van der Waals surface area contributed by atoms with Crippen molar-refractivity contribution in [1.29, 1.82) is 0 Å². The molecule has 0 spiro atoms. The van der Waals surface area contributed by atoms with Gasteiger partial charge in [-0.25, -0.2) is 0 Å². The summed E-state index contributed by atoms with van der Waals surface area (Å²) < 4.78 is 5.44. The normalized spacial score (nSPS) is 23.6. The van der Waals surface area contributed by atoms with E-state index in [0.29, 0.717) is 6.04 Å². The van der Waals surface area contributed by atoms with Crippen LogP contribution in [0.15, 0.2) is 18.2 Å². The van der Waals surface area contributed by atoms with Crippen molar-refractivity contribution in [3.8, 4) is 5.75 Å². The van der Waals surface area contributed by atoms with Crippen molar-refractivity contribution in [2.24, 2.45) is 5.92 Å². The number of benzene rings is 1. The number of nitrogens with zero attached hydrogens (tertiary/aromatic N) is 1. The first-order chi connectivity index (χ1) is 9.51. The van der Waals surface area contributed by atoms with Crippen molar-refractivity contribution in [1.82, 2.24) is 4.90 Å². The number of hydrogen-bond acceptors (Lipinski definition) is 3. The first-order valence-electron chi connectivity index (χ1n) is 7.43. The van der Waals surface area contributed by atoms with Crippen LogP contribution in [-0.2, 0) is 6.54 Å². The lowest BCUT2D eigenvalue weighted by Crippen LogP contribution is -2.39. The van der Waals surface area contributed by atoms with Gasteiger partial charge in [-0.1, -0.05) is 6.92 Å². The second kappa shape index (κ2) is 6.40. The maximum absolute atomic E-state index is 11.5. The molecule has 0 saturated carbocycles. The largest absolute Gasteiger partial charge is 0.496 e. The summed E-state index contributed by atoms with van der Waals surface area (Å²) in [4.78, 5) is 14.0. The van der Waals surface area contributed by atoms with E-state index in [1.54, 1.807) is 14.0 Å². The van der Waals surface area contributed by atoms with Crippen LogP contribution in [0.2, 0.25) is 0 Å². The lowest BCUT2D eigenvalue weighted by atomic mass is 9.93. The molecule has 0 aromatic heterocycles.